The highest BCUT2D eigenvalue weighted by atomic mass is 16.5. The molecule has 2 aromatic carbocycles. The Morgan fingerprint density at radius 1 is 0.970 bits per heavy atom. The zero-order valence-electron chi connectivity index (χ0n) is 19.2. The summed E-state index contributed by atoms with van der Waals surface area (Å²) in [5.74, 6) is -3.17. The zero-order chi connectivity index (χ0) is 23.7. The number of esters is 2. The Balaban J connectivity index is 2.04. The van der Waals surface area contributed by atoms with E-state index in [-0.39, 0.29) is 6.61 Å². The first kappa shape index (κ1) is 22.6. The van der Waals surface area contributed by atoms with E-state index in [1.54, 1.807) is 6.92 Å². The average Bonchev–Trinajstić information content (AvgIpc) is 3.16. The molecule has 3 aromatic rings. The summed E-state index contributed by atoms with van der Waals surface area (Å²) in [6, 6.07) is 15.2. The standard InChI is InChI=1S/C26H27NO6/c1-5-33-26(30)27-19-9-7-6-8-17(19)21-20(27)14-18(16-12-10-15(2)11-13-16)22(24(28)31-3)23(21)25(29)32-4/h6-13,18,22-23H,5,14H2,1-4H3/t18-,22-,23-/m0/s1. The van der Waals surface area contributed by atoms with Gasteiger partial charge in [0, 0.05) is 17.0 Å². The molecule has 1 heterocycles. The van der Waals surface area contributed by atoms with E-state index in [0.29, 0.717) is 28.6 Å². The van der Waals surface area contributed by atoms with Crippen molar-refractivity contribution in [2.45, 2.75) is 32.1 Å². The monoisotopic (exact) mass is 449 g/mol. The average molecular weight is 450 g/mol. The fraction of sp³-hybridized carbons (Fsp3) is 0.346. The number of aromatic nitrogens is 1. The van der Waals surface area contributed by atoms with E-state index < -0.39 is 35.8 Å². The summed E-state index contributed by atoms with van der Waals surface area (Å²) in [7, 11) is 2.62. The highest BCUT2D eigenvalue weighted by Gasteiger charge is 2.49. The van der Waals surface area contributed by atoms with E-state index in [4.69, 9.17) is 14.2 Å². The van der Waals surface area contributed by atoms with E-state index in [1.165, 1.54) is 18.8 Å². The third-order valence-corrected chi connectivity index (χ3v) is 6.42. The summed E-state index contributed by atoms with van der Waals surface area (Å²) in [6.07, 6.45) is -0.156. The maximum absolute atomic E-state index is 13.2. The molecule has 0 fully saturated rings. The molecule has 7 heteroatoms. The minimum Gasteiger partial charge on any atom is -0.469 e. The number of aryl methyl sites for hydroxylation is 1. The number of carbonyl (C=O) groups is 3. The quantitative estimate of drug-likeness (QED) is 0.435. The molecular weight excluding hydrogens is 422 g/mol. The number of hydrogen-bond donors (Lipinski definition) is 0. The lowest BCUT2D eigenvalue weighted by Crippen LogP contribution is -2.39. The number of ether oxygens (including phenoxy) is 3. The van der Waals surface area contributed by atoms with Gasteiger partial charge in [0.15, 0.2) is 0 Å². The first-order valence-corrected chi connectivity index (χ1v) is 10.9. The second kappa shape index (κ2) is 9.10. The lowest BCUT2D eigenvalue weighted by atomic mass is 9.67. The first-order valence-electron chi connectivity index (χ1n) is 10.9. The summed E-state index contributed by atoms with van der Waals surface area (Å²) in [5, 5.41) is 0.715. The van der Waals surface area contributed by atoms with Crippen LogP contribution in [0.5, 0.6) is 0 Å². The Morgan fingerprint density at radius 2 is 1.64 bits per heavy atom. The number of methoxy groups -OCH3 is 2. The van der Waals surface area contributed by atoms with E-state index >= 15 is 0 Å². The minimum absolute atomic E-state index is 0.215. The summed E-state index contributed by atoms with van der Waals surface area (Å²) in [4.78, 5) is 39.3. The Bertz CT molecular complexity index is 1210. The second-order valence-corrected chi connectivity index (χ2v) is 8.18. The molecule has 3 atom stereocenters. The highest BCUT2D eigenvalue weighted by molar-refractivity contribution is 5.99. The Labute approximate surface area is 192 Å². The maximum atomic E-state index is 13.2. The van der Waals surface area contributed by atoms with Crippen LogP contribution in [0.25, 0.3) is 10.9 Å². The minimum atomic E-state index is -0.932. The fourth-order valence-corrected chi connectivity index (χ4v) is 4.98. The number of fused-ring (bicyclic) bond motifs is 3. The summed E-state index contributed by atoms with van der Waals surface area (Å²) >= 11 is 0. The third kappa shape index (κ3) is 3.77. The molecule has 1 aromatic heterocycles. The van der Waals surface area contributed by atoms with Gasteiger partial charge in [0.25, 0.3) is 0 Å². The van der Waals surface area contributed by atoms with Crippen LogP contribution < -0.4 is 0 Å². The van der Waals surface area contributed by atoms with Crippen LogP contribution in [0, 0.1) is 12.8 Å². The van der Waals surface area contributed by atoms with Gasteiger partial charge < -0.3 is 14.2 Å². The van der Waals surface area contributed by atoms with Crippen LogP contribution in [-0.4, -0.2) is 43.4 Å². The van der Waals surface area contributed by atoms with Crippen LogP contribution in [0.1, 0.15) is 41.1 Å². The molecular formula is C26H27NO6. The van der Waals surface area contributed by atoms with Gasteiger partial charge in [0.2, 0.25) is 0 Å². The number of nitrogens with zero attached hydrogens (tertiary/aromatic N) is 1. The van der Waals surface area contributed by atoms with Gasteiger partial charge in [0.1, 0.15) is 0 Å². The number of carbonyl (C=O) groups excluding carboxylic acids is 3. The molecule has 0 saturated heterocycles. The molecule has 172 valence electrons. The molecule has 1 aliphatic carbocycles. The van der Waals surface area contributed by atoms with Crippen molar-refractivity contribution in [1.29, 1.82) is 0 Å². The van der Waals surface area contributed by atoms with Gasteiger partial charge in [-0.15, -0.1) is 0 Å². The molecule has 0 bridgehead atoms. The molecule has 0 aliphatic heterocycles. The zero-order valence-corrected chi connectivity index (χ0v) is 19.2. The topological polar surface area (TPSA) is 83.8 Å². The van der Waals surface area contributed by atoms with Gasteiger partial charge in [0.05, 0.1) is 38.2 Å². The van der Waals surface area contributed by atoms with Crippen LogP contribution in [0.15, 0.2) is 48.5 Å². The molecule has 0 unspecified atom stereocenters. The SMILES string of the molecule is CCOC(=O)n1c2c(c3ccccc31)[C@H](C(=O)OC)[C@@H](C(=O)OC)[C@H](c1ccc(C)cc1)C2. The van der Waals surface area contributed by atoms with Crippen LogP contribution in [0.3, 0.4) is 0 Å². The summed E-state index contributed by atoms with van der Waals surface area (Å²) < 4.78 is 17.2. The lowest BCUT2D eigenvalue weighted by Gasteiger charge is -2.36. The Kier molecular flexibility index (Phi) is 6.22. The van der Waals surface area contributed by atoms with Crippen molar-refractivity contribution >= 4 is 28.9 Å². The molecule has 1 aliphatic rings. The summed E-state index contributed by atoms with van der Waals surface area (Å²) in [5.41, 5.74) is 3.86. The van der Waals surface area contributed by atoms with Crippen LogP contribution in [-0.2, 0) is 30.2 Å². The van der Waals surface area contributed by atoms with Gasteiger partial charge in [-0.1, -0.05) is 48.0 Å². The largest absolute Gasteiger partial charge is 0.469 e. The Morgan fingerprint density at radius 3 is 2.27 bits per heavy atom. The molecule has 7 nitrogen and oxygen atoms in total. The molecule has 33 heavy (non-hydrogen) atoms. The van der Waals surface area contributed by atoms with Crippen molar-refractivity contribution in [2.24, 2.45) is 5.92 Å². The number of rotatable bonds is 4. The van der Waals surface area contributed by atoms with Crippen molar-refractivity contribution < 1.29 is 28.6 Å². The predicted octanol–water partition coefficient (Wildman–Crippen LogP) is 4.34. The van der Waals surface area contributed by atoms with E-state index in [1.807, 2.05) is 55.5 Å². The lowest BCUT2D eigenvalue weighted by molar-refractivity contribution is -0.155. The third-order valence-electron chi connectivity index (χ3n) is 6.42. The molecule has 4 rings (SSSR count). The van der Waals surface area contributed by atoms with Gasteiger partial charge >= 0.3 is 18.0 Å². The smallest absolute Gasteiger partial charge is 0.418 e. The fourth-order valence-electron chi connectivity index (χ4n) is 4.98. The van der Waals surface area contributed by atoms with E-state index in [0.717, 1.165) is 11.1 Å². The van der Waals surface area contributed by atoms with Crippen LogP contribution in [0.4, 0.5) is 4.79 Å². The predicted molar refractivity (Wildman–Crippen MR) is 122 cm³/mol. The molecule has 0 N–H and O–H groups in total. The molecule has 0 radical (unpaired) electrons. The normalized spacial score (nSPS) is 19.6. The van der Waals surface area contributed by atoms with Crippen molar-refractivity contribution in [3.05, 3.63) is 70.9 Å². The number of hydrogen-bond acceptors (Lipinski definition) is 6. The van der Waals surface area contributed by atoms with Crippen molar-refractivity contribution in [1.82, 2.24) is 4.57 Å². The second-order valence-electron chi connectivity index (χ2n) is 8.18. The first-order chi connectivity index (χ1) is 15.9. The number of para-hydroxylation sites is 1. The summed E-state index contributed by atoms with van der Waals surface area (Å²) in [6.45, 7) is 3.94. The van der Waals surface area contributed by atoms with Crippen LogP contribution in [0.2, 0.25) is 0 Å². The maximum Gasteiger partial charge on any atom is 0.418 e. The highest BCUT2D eigenvalue weighted by Crippen LogP contribution is 2.49. The van der Waals surface area contributed by atoms with Crippen LogP contribution >= 0.6 is 0 Å². The van der Waals surface area contributed by atoms with Crippen molar-refractivity contribution in [3.8, 4) is 0 Å². The Hall–Kier alpha value is -3.61. The van der Waals surface area contributed by atoms with E-state index in [2.05, 4.69) is 0 Å². The van der Waals surface area contributed by atoms with Crippen molar-refractivity contribution in [2.75, 3.05) is 20.8 Å². The molecule has 0 amide bonds. The van der Waals surface area contributed by atoms with E-state index in [9.17, 15) is 14.4 Å². The van der Waals surface area contributed by atoms with Gasteiger partial charge in [-0.05, 0) is 37.5 Å². The molecule has 0 saturated carbocycles. The molecule has 0 spiro atoms. The van der Waals surface area contributed by atoms with Gasteiger partial charge in [-0.25, -0.2) is 9.36 Å². The van der Waals surface area contributed by atoms with Gasteiger partial charge in [-0.2, -0.15) is 0 Å². The number of benzene rings is 2. The van der Waals surface area contributed by atoms with Gasteiger partial charge in [-0.3, -0.25) is 9.59 Å². The van der Waals surface area contributed by atoms with Crippen molar-refractivity contribution in [3.63, 3.8) is 0 Å².